The fraction of sp³-hybridized carbons (Fsp3) is 0.889. The number of unbranched alkanes of at least 4 members (excludes halogenated alkanes) is 8. The summed E-state index contributed by atoms with van der Waals surface area (Å²) in [7, 11) is 0. The fourth-order valence-corrected chi connectivity index (χ4v) is 2.30. The first-order valence-electron chi connectivity index (χ1n) is 9.07. The summed E-state index contributed by atoms with van der Waals surface area (Å²) in [5.41, 5.74) is 0. The lowest BCUT2D eigenvalue weighted by Crippen LogP contribution is -2.39. The third-order valence-electron chi connectivity index (χ3n) is 3.69. The van der Waals surface area contributed by atoms with Gasteiger partial charge in [0.05, 0.1) is 6.61 Å². The number of ether oxygens (including phenoxy) is 1. The Morgan fingerprint density at radius 2 is 1.41 bits per heavy atom. The van der Waals surface area contributed by atoms with Crippen molar-refractivity contribution < 1.29 is 14.3 Å². The molecule has 0 bridgehead atoms. The van der Waals surface area contributed by atoms with Crippen LogP contribution < -0.4 is 5.32 Å². The first-order chi connectivity index (χ1) is 10.6. The minimum Gasteiger partial charge on any atom is -0.464 e. The van der Waals surface area contributed by atoms with Gasteiger partial charge in [-0.15, -0.1) is 0 Å². The molecule has 130 valence electrons. The molecule has 0 aliphatic heterocycles. The van der Waals surface area contributed by atoms with Crippen LogP contribution in [0.5, 0.6) is 0 Å². The molecule has 0 spiro atoms. The molecule has 0 aliphatic rings. The van der Waals surface area contributed by atoms with E-state index in [1.54, 1.807) is 6.92 Å². The zero-order chi connectivity index (χ0) is 16.6. The molecule has 1 N–H and O–H groups in total. The third kappa shape index (κ3) is 12.7. The first-order valence-corrected chi connectivity index (χ1v) is 9.07. The molecule has 22 heavy (non-hydrogen) atoms. The molecule has 4 heteroatoms. The van der Waals surface area contributed by atoms with E-state index in [-0.39, 0.29) is 11.9 Å². The molecule has 0 aromatic carbocycles. The summed E-state index contributed by atoms with van der Waals surface area (Å²) in [6.07, 6.45) is 12.4. The van der Waals surface area contributed by atoms with E-state index in [4.69, 9.17) is 4.74 Å². The van der Waals surface area contributed by atoms with Gasteiger partial charge in [-0.25, -0.2) is 4.79 Å². The van der Waals surface area contributed by atoms with E-state index in [2.05, 4.69) is 12.2 Å². The van der Waals surface area contributed by atoms with Crippen molar-refractivity contribution in [3.05, 3.63) is 0 Å². The Balaban J connectivity index is 3.47. The van der Waals surface area contributed by atoms with Gasteiger partial charge in [-0.05, 0) is 19.8 Å². The largest absolute Gasteiger partial charge is 0.464 e. The van der Waals surface area contributed by atoms with Crippen molar-refractivity contribution in [1.29, 1.82) is 0 Å². The number of nitrogens with one attached hydrogen (secondary N) is 1. The van der Waals surface area contributed by atoms with Crippen LogP contribution in [0, 0.1) is 0 Å². The summed E-state index contributed by atoms with van der Waals surface area (Å²) in [6.45, 7) is 6.26. The molecule has 0 aliphatic carbocycles. The van der Waals surface area contributed by atoms with Crippen molar-refractivity contribution in [2.75, 3.05) is 6.61 Å². The monoisotopic (exact) mass is 313 g/mol. The molecule has 0 rings (SSSR count). The van der Waals surface area contributed by atoms with Crippen molar-refractivity contribution in [3.8, 4) is 0 Å². The summed E-state index contributed by atoms with van der Waals surface area (Å²) in [5, 5.41) is 2.70. The van der Waals surface area contributed by atoms with Crippen LogP contribution in [0.4, 0.5) is 0 Å². The number of carbonyl (C=O) groups is 2. The van der Waals surface area contributed by atoms with Crippen molar-refractivity contribution in [2.24, 2.45) is 0 Å². The van der Waals surface area contributed by atoms with Crippen LogP contribution >= 0.6 is 0 Å². The fourth-order valence-electron chi connectivity index (χ4n) is 2.30. The van der Waals surface area contributed by atoms with Gasteiger partial charge < -0.3 is 10.1 Å². The highest BCUT2D eigenvalue weighted by Gasteiger charge is 2.16. The number of rotatable bonds is 14. The van der Waals surface area contributed by atoms with Crippen LogP contribution in [0.1, 0.15) is 91.4 Å². The van der Waals surface area contributed by atoms with Gasteiger partial charge in [0.15, 0.2) is 0 Å². The molecule has 1 atom stereocenters. The SMILES string of the molecule is CCCCCCCCCCCC(=O)NC(C)C(=O)OCCC. The third-order valence-corrected chi connectivity index (χ3v) is 3.69. The molecule has 0 fully saturated rings. The number of esters is 1. The van der Waals surface area contributed by atoms with Crippen molar-refractivity contribution in [2.45, 2.75) is 97.4 Å². The second-order valence-electron chi connectivity index (χ2n) is 6.04. The lowest BCUT2D eigenvalue weighted by molar-refractivity contribution is -0.147. The Kier molecular flexibility index (Phi) is 14.1. The Morgan fingerprint density at radius 1 is 0.864 bits per heavy atom. The van der Waals surface area contributed by atoms with E-state index in [1.807, 2.05) is 6.92 Å². The lowest BCUT2D eigenvalue weighted by Gasteiger charge is -2.12. The van der Waals surface area contributed by atoms with E-state index in [0.29, 0.717) is 13.0 Å². The van der Waals surface area contributed by atoms with Crippen LogP contribution in [0.3, 0.4) is 0 Å². The molecule has 0 aromatic heterocycles. The van der Waals surface area contributed by atoms with Gasteiger partial charge in [0.1, 0.15) is 6.04 Å². The molecule has 4 nitrogen and oxygen atoms in total. The molecule has 0 saturated heterocycles. The maximum atomic E-state index is 11.7. The van der Waals surface area contributed by atoms with Gasteiger partial charge in [0.2, 0.25) is 5.91 Å². The Bertz CT molecular complexity index is 292. The molecule has 0 aromatic rings. The Hall–Kier alpha value is -1.06. The molecule has 0 heterocycles. The zero-order valence-electron chi connectivity index (χ0n) is 14.8. The minimum absolute atomic E-state index is 0.0519. The molecule has 0 saturated carbocycles. The van der Waals surface area contributed by atoms with Crippen LogP contribution in [0.2, 0.25) is 0 Å². The molecule has 1 unspecified atom stereocenters. The van der Waals surface area contributed by atoms with Gasteiger partial charge in [-0.2, -0.15) is 0 Å². The van der Waals surface area contributed by atoms with Crippen LogP contribution in [-0.2, 0) is 14.3 Å². The smallest absolute Gasteiger partial charge is 0.328 e. The summed E-state index contributed by atoms with van der Waals surface area (Å²) in [6, 6.07) is -0.544. The molecule has 0 radical (unpaired) electrons. The van der Waals surface area contributed by atoms with Crippen molar-refractivity contribution >= 4 is 11.9 Å². The number of amides is 1. The van der Waals surface area contributed by atoms with E-state index in [9.17, 15) is 9.59 Å². The lowest BCUT2D eigenvalue weighted by atomic mass is 10.1. The zero-order valence-corrected chi connectivity index (χ0v) is 14.8. The maximum Gasteiger partial charge on any atom is 0.328 e. The highest BCUT2D eigenvalue weighted by molar-refractivity contribution is 5.84. The standard InChI is InChI=1S/C18H35NO3/c1-4-6-7-8-9-10-11-12-13-14-17(20)19-16(3)18(21)22-15-5-2/h16H,4-15H2,1-3H3,(H,19,20). The summed E-state index contributed by atoms with van der Waals surface area (Å²) < 4.78 is 5.00. The highest BCUT2D eigenvalue weighted by Crippen LogP contribution is 2.10. The Morgan fingerprint density at radius 3 is 1.95 bits per heavy atom. The number of carbonyl (C=O) groups excluding carboxylic acids is 2. The van der Waals surface area contributed by atoms with E-state index in [1.165, 1.54) is 44.9 Å². The molecular formula is C18H35NO3. The van der Waals surface area contributed by atoms with Gasteiger partial charge in [-0.3, -0.25) is 4.79 Å². The highest BCUT2D eigenvalue weighted by atomic mass is 16.5. The normalized spacial score (nSPS) is 12.0. The van der Waals surface area contributed by atoms with Gasteiger partial charge >= 0.3 is 5.97 Å². The van der Waals surface area contributed by atoms with Crippen LogP contribution in [-0.4, -0.2) is 24.5 Å². The van der Waals surface area contributed by atoms with Gasteiger partial charge in [0, 0.05) is 6.42 Å². The average molecular weight is 313 g/mol. The predicted octanol–water partition coefficient (Wildman–Crippen LogP) is 4.37. The summed E-state index contributed by atoms with van der Waals surface area (Å²) in [4.78, 5) is 23.2. The second-order valence-corrected chi connectivity index (χ2v) is 6.04. The number of hydrogen-bond donors (Lipinski definition) is 1. The average Bonchev–Trinajstić information content (AvgIpc) is 2.50. The van der Waals surface area contributed by atoms with E-state index in [0.717, 1.165) is 19.3 Å². The predicted molar refractivity (Wildman–Crippen MR) is 90.7 cm³/mol. The maximum absolute atomic E-state index is 11.7. The van der Waals surface area contributed by atoms with E-state index >= 15 is 0 Å². The minimum atomic E-state index is -0.544. The van der Waals surface area contributed by atoms with Crippen LogP contribution in [0.25, 0.3) is 0 Å². The number of hydrogen-bond acceptors (Lipinski definition) is 3. The molecule has 1 amide bonds. The van der Waals surface area contributed by atoms with Crippen molar-refractivity contribution in [3.63, 3.8) is 0 Å². The quantitative estimate of drug-likeness (QED) is 0.383. The van der Waals surface area contributed by atoms with Gasteiger partial charge in [-0.1, -0.05) is 65.2 Å². The second kappa shape index (κ2) is 14.9. The van der Waals surface area contributed by atoms with Gasteiger partial charge in [0.25, 0.3) is 0 Å². The summed E-state index contributed by atoms with van der Waals surface area (Å²) in [5.74, 6) is -0.397. The summed E-state index contributed by atoms with van der Waals surface area (Å²) >= 11 is 0. The van der Waals surface area contributed by atoms with Crippen LogP contribution in [0.15, 0.2) is 0 Å². The Labute approximate surface area is 136 Å². The topological polar surface area (TPSA) is 55.4 Å². The van der Waals surface area contributed by atoms with E-state index < -0.39 is 6.04 Å². The molecular weight excluding hydrogens is 278 g/mol. The first kappa shape index (κ1) is 20.9. The van der Waals surface area contributed by atoms with Crippen molar-refractivity contribution in [1.82, 2.24) is 5.32 Å².